The molecular weight excluding hydrogens is 380 g/mol. The van der Waals surface area contributed by atoms with Crippen molar-refractivity contribution in [2.45, 2.75) is 44.7 Å². The van der Waals surface area contributed by atoms with Crippen molar-refractivity contribution in [3.63, 3.8) is 0 Å². The van der Waals surface area contributed by atoms with Crippen LogP contribution in [0.15, 0.2) is 17.6 Å². The van der Waals surface area contributed by atoms with Gasteiger partial charge in [-0.1, -0.05) is 11.8 Å². The first-order valence-corrected chi connectivity index (χ1v) is 11.7. The van der Waals surface area contributed by atoms with Crippen LogP contribution >= 0.6 is 11.3 Å². The molecule has 4 aliphatic heterocycles. The van der Waals surface area contributed by atoms with E-state index >= 15 is 0 Å². The molecule has 6 heterocycles. The van der Waals surface area contributed by atoms with E-state index in [-0.39, 0.29) is 11.9 Å². The summed E-state index contributed by atoms with van der Waals surface area (Å²) in [6.45, 7) is 7.71. The van der Waals surface area contributed by atoms with Crippen molar-refractivity contribution in [2.24, 2.45) is 5.92 Å². The number of hydrogen-bond donors (Lipinski definition) is 1. The van der Waals surface area contributed by atoms with Crippen LogP contribution in [0.1, 0.15) is 48.7 Å². The minimum absolute atomic E-state index is 0.0559. The molecule has 6 heteroatoms. The highest BCUT2D eigenvalue weighted by molar-refractivity contribution is 7.17. The summed E-state index contributed by atoms with van der Waals surface area (Å²) in [5.41, 5.74) is 1.51. The molecule has 0 aliphatic carbocycles. The third-order valence-corrected chi connectivity index (χ3v) is 7.83. The zero-order chi connectivity index (χ0) is 19.8. The molecule has 5 nitrogen and oxygen atoms in total. The van der Waals surface area contributed by atoms with Crippen molar-refractivity contribution in [3.8, 4) is 11.8 Å². The Labute approximate surface area is 176 Å². The molecule has 4 saturated heterocycles. The van der Waals surface area contributed by atoms with Gasteiger partial charge in [-0.05, 0) is 70.8 Å². The van der Waals surface area contributed by atoms with E-state index in [4.69, 9.17) is 0 Å². The number of fused-ring (bicyclic) bond motifs is 4. The first-order chi connectivity index (χ1) is 14.2. The normalized spacial score (nSPS) is 29.0. The van der Waals surface area contributed by atoms with Gasteiger partial charge in [0.05, 0.1) is 11.2 Å². The first kappa shape index (κ1) is 19.0. The molecule has 2 bridgehead atoms. The van der Waals surface area contributed by atoms with Gasteiger partial charge in [-0.25, -0.2) is 4.98 Å². The minimum Gasteiger partial charge on any atom is -0.346 e. The van der Waals surface area contributed by atoms with Crippen LogP contribution in [0, 0.1) is 17.8 Å². The average Bonchev–Trinajstić information content (AvgIpc) is 3.41. The zero-order valence-corrected chi connectivity index (χ0v) is 17.8. The monoisotopic (exact) mass is 408 g/mol. The number of likely N-dealkylation sites (tertiary alicyclic amines) is 1. The number of nitrogens with one attached hydrogen (secondary N) is 1. The van der Waals surface area contributed by atoms with Crippen molar-refractivity contribution in [1.82, 2.24) is 20.1 Å². The Kier molecular flexibility index (Phi) is 5.29. The quantitative estimate of drug-likeness (QED) is 0.794. The fourth-order valence-corrected chi connectivity index (χ4v) is 5.95. The first-order valence-electron chi connectivity index (χ1n) is 10.8. The molecule has 2 atom stereocenters. The van der Waals surface area contributed by atoms with Crippen molar-refractivity contribution in [2.75, 3.05) is 32.7 Å². The highest BCUT2D eigenvalue weighted by Crippen LogP contribution is 2.32. The Morgan fingerprint density at radius 2 is 2.07 bits per heavy atom. The van der Waals surface area contributed by atoms with E-state index < -0.39 is 0 Å². The maximum atomic E-state index is 13.0. The summed E-state index contributed by atoms with van der Waals surface area (Å²) in [5, 5.41) is 6.42. The Hall–Kier alpha value is -1.94. The van der Waals surface area contributed by atoms with Gasteiger partial charge in [0.1, 0.15) is 5.69 Å². The van der Waals surface area contributed by atoms with Gasteiger partial charge in [-0.2, -0.15) is 0 Å². The van der Waals surface area contributed by atoms with E-state index in [1.165, 1.54) is 25.7 Å². The van der Waals surface area contributed by atoms with Gasteiger partial charge in [0.15, 0.2) is 0 Å². The molecule has 29 heavy (non-hydrogen) atoms. The third-order valence-electron chi connectivity index (χ3n) is 6.89. The summed E-state index contributed by atoms with van der Waals surface area (Å²) in [5.74, 6) is 7.18. The van der Waals surface area contributed by atoms with E-state index in [2.05, 4.69) is 44.2 Å². The predicted octanol–water partition coefficient (Wildman–Crippen LogP) is 2.96. The Morgan fingerprint density at radius 3 is 2.83 bits per heavy atom. The molecule has 6 rings (SSSR count). The average molecular weight is 409 g/mol. The summed E-state index contributed by atoms with van der Waals surface area (Å²) >= 11 is 1.65. The molecule has 2 aromatic heterocycles. The SMILES string of the molecule is C[C@@H]1[C@H](NC(=O)c2cc3c(C#CCN4CCCC4)csc3cn2)C2CCN1CC2. The Morgan fingerprint density at radius 1 is 1.28 bits per heavy atom. The van der Waals surface area contributed by atoms with Gasteiger partial charge in [0.25, 0.3) is 5.91 Å². The second kappa shape index (κ2) is 8.06. The van der Waals surface area contributed by atoms with Crippen molar-refractivity contribution in [3.05, 3.63) is 28.9 Å². The summed E-state index contributed by atoms with van der Waals surface area (Å²) in [7, 11) is 0. The molecule has 4 aliphatic rings. The van der Waals surface area contributed by atoms with Gasteiger partial charge in [-0.3, -0.25) is 14.6 Å². The lowest BCUT2D eigenvalue weighted by Gasteiger charge is -2.49. The Bertz CT molecular complexity index is 958. The van der Waals surface area contributed by atoms with Gasteiger partial charge in [0, 0.05) is 34.6 Å². The largest absolute Gasteiger partial charge is 0.346 e. The number of piperidine rings is 3. The second-order valence-corrected chi connectivity index (χ2v) is 9.52. The van der Waals surface area contributed by atoms with E-state index in [1.54, 1.807) is 11.3 Å². The molecular formula is C23H28N4OS. The molecule has 0 aromatic carbocycles. The van der Waals surface area contributed by atoms with Crippen molar-refractivity contribution in [1.29, 1.82) is 0 Å². The van der Waals surface area contributed by atoms with E-state index in [9.17, 15) is 4.79 Å². The molecule has 2 aromatic rings. The van der Waals surface area contributed by atoms with Gasteiger partial charge >= 0.3 is 0 Å². The highest BCUT2D eigenvalue weighted by atomic mass is 32.1. The lowest BCUT2D eigenvalue weighted by Crippen LogP contribution is -2.62. The smallest absolute Gasteiger partial charge is 0.270 e. The topological polar surface area (TPSA) is 48.5 Å². The molecule has 152 valence electrons. The Balaban J connectivity index is 1.32. The number of hydrogen-bond acceptors (Lipinski definition) is 5. The highest BCUT2D eigenvalue weighted by Gasteiger charge is 2.40. The predicted molar refractivity (Wildman–Crippen MR) is 117 cm³/mol. The van der Waals surface area contributed by atoms with Crippen LogP contribution in [0.25, 0.3) is 10.1 Å². The standard InChI is InChI=1S/C23H28N4OS/c1-16-22(17-6-11-27(16)12-7-17)25-23(28)20-13-19-18(15-29-21(19)14-24-20)5-4-10-26-8-2-3-9-26/h13-17,22H,2-3,6-12H2,1H3,(H,25,28)/t16-,22+/m1/s1. The lowest BCUT2D eigenvalue weighted by atomic mass is 9.79. The number of pyridine rings is 1. The number of rotatable bonds is 3. The number of aromatic nitrogens is 1. The van der Waals surface area contributed by atoms with E-state index in [1.807, 2.05) is 12.3 Å². The summed E-state index contributed by atoms with van der Waals surface area (Å²) in [4.78, 5) is 22.3. The third kappa shape index (κ3) is 3.79. The van der Waals surface area contributed by atoms with Gasteiger partial charge < -0.3 is 5.32 Å². The fourth-order valence-electron chi connectivity index (χ4n) is 5.11. The van der Waals surface area contributed by atoms with E-state index in [0.29, 0.717) is 17.7 Å². The van der Waals surface area contributed by atoms with Crippen LogP contribution in [0.4, 0.5) is 0 Å². The molecule has 4 fully saturated rings. The molecule has 0 radical (unpaired) electrons. The molecule has 0 unspecified atom stereocenters. The molecule has 0 saturated carbocycles. The minimum atomic E-state index is -0.0559. The van der Waals surface area contributed by atoms with Crippen molar-refractivity contribution < 1.29 is 4.79 Å². The number of carbonyl (C=O) groups excluding carboxylic acids is 1. The van der Waals surface area contributed by atoms with Crippen LogP contribution in [-0.2, 0) is 0 Å². The fraction of sp³-hybridized carbons (Fsp3) is 0.565. The van der Waals surface area contributed by atoms with Crippen LogP contribution in [-0.4, -0.2) is 65.5 Å². The van der Waals surface area contributed by atoms with Gasteiger partial charge in [0.2, 0.25) is 0 Å². The van der Waals surface area contributed by atoms with Crippen LogP contribution in [0.3, 0.4) is 0 Å². The summed E-state index contributed by atoms with van der Waals surface area (Å²) < 4.78 is 1.09. The molecule has 0 spiro atoms. The van der Waals surface area contributed by atoms with Crippen LogP contribution < -0.4 is 5.32 Å². The number of nitrogens with zero attached hydrogens (tertiary/aromatic N) is 3. The summed E-state index contributed by atoms with van der Waals surface area (Å²) in [6.07, 6.45) is 6.75. The second-order valence-electron chi connectivity index (χ2n) is 8.61. The maximum absolute atomic E-state index is 13.0. The summed E-state index contributed by atoms with van der Waals surface area (Å²) in [6, 6.07) is 2.56. The van der Waals surface area contributed by atoms with E-state index in [0.717, 1.165) is 48.4 Å². The van der Waals surface area contributed by atoms with Crippen LogP contribution in [0.5, 0.6) is 0 Å². The van der Waals surface area contributed by atoms with Gasteiger partial charge in [-0.15, -0.1) is 11.3 Å². The number of thiophene rings is 1. The maximum Gasteiger partial charge on any atom is 0.270 e. The van der Waals surface area contributed by atoms with Crippen molar-refractivity contribution >= 4 is 27.3 Å². The number of carbonyl (C=O) groups is 1. The number of amides is 1. The molecule has 1 amide bonds. The zero-order valence-electron chi connectivity index (χ0n) is 17.0. The van der Waals surface area contributed by atoms with Crippen LogP contribution in [0.2, 0.25) is 0 Å². The lowest BCUT2D eigenvalue weighted by molar-refractivity contribution is 0.0216. The molecule has 1 N–H and O–H groups in total.